The highest BCUT2D eigenvalue weighted by atomic mass is 32.2. The second kappa shape index (κ2) is 6.53. The maximum absolute atomic E-state index is 12.6. The summed E-state index contributed by atoms with van der Waals surface area (Å²) in [4.78, 5) is 13.1. The van der Waals surface area contributed by atoms with Crippen molar-refractivity contribution in [2.24, 2.45) is 0 Å². The predicted molar refractivity (Wildman–Crippen MR) is 96.8 cm³/mol. The van der Waals surface area contributed by atoms with Crippen LogP contribution in [0, 0.1) is 4.78 Å². The molecule has 2 aromatic heterocycles. The third-order valence-corrected chi connectivity index (χ3v) is 6.65. The summed E-state index contributed by atoms with van der Waals surface area (Å²) in [6.45, 7) is 0.255. The molecule has 8 heteroatoms. The van der Waals surface area contributed by atoms with Gasteiger partial charge in [-0.25, -0.2) is 23.9 Å². The molecule has 7 nitrogen and oxygen atoms in total. The number of pyridine rings is 1. The van der Waals surface area contributed by atoms with E-state index < -0.39 is 9.73 Å². The van der Waals surface area contributed by atoms with Gasteiger partial charge in [-0.1, -0.05) is 12.1 Å². The molecule has 1 aliphatic carbocycles. The smallest absolute Gasteiger partial charge is 0.225 e. The Bertz CT molecular complexity index is 1060. The lowest BCUT2D eigenvalue weighted by Crippen LogP contribution is -2.06. The Morgan fingerprint density at radius 1 is 1.23 bits per heavy atom. The van der Waals surface area contributed by atoms with Crippen LogP contribution < -0.4 is 9.47 Å². The SMILES string of the molecule is COc1cc2c(OCc3cccc(S(=N)(=O)C4CC4)c3)ncnc2cn1. The molecule has 0 spiro atoms. The maximum Gasteiger partial charge on any atom is 0.225 e. The zero-order valence-electron chi connectivity index (χ0n) is 14.2. The molecule has 1 N–H and O–H groups in total. The second-order valence-corrected chi connectivity index (χ2v) is 8.50. The average molecular weight is 370 g/mol. The number of ether oxygens (including phenoxy) is 2. The van der Waals surface area contributed by atoms with Crippen LogP contribution in [-0.2, 0) is 16.3 Å². The Kier molecular flexibility index (Phi) is 4.20. The van der Waals surface area contributed by atoms with E-state index >= 15 is 0 Å². The Hall–Kier alpha value is -2.74. The van der Waals surface area contributed by atoms with Gasteiger partial charge in [-0.2, -0.15) is 0 Å². The monoisotopic (exact) mass is 370 g/mol. The summed E-state index contributed by atoms with van der Waals surface area (Å²) in [5.41, 5.74) is 1.50. The second-order valence-electron chi connectivity index (χ2n) is 6.16. The molecule has 0 saturated heterocycles. The molecule has 1 aromatic carbocycles. The lowest BCUT2D eigenvalue weighted by Gasteiger charge is -2.11. The molecular weight excluding hydrogens is 352 g/mol. The lowest BCUT2D eigenvalue weighted by molar-refractivity contribution is 0.297. The number of rotatable bonds is 6. The Morgan fingerprint density at radius 2 is 2.08 bits per heavy atom. The number of nitrogens with one attached hydrogen (secondary N) is 1. The van der Waals surface area contributed by atoms with Crippen LogP contribution in [0.1, 0.15) is 18.4 Å². The largest absolute Gasteiger partial charge is 0.481 e. The molecule has 134 valence electrons. The molecule has 1 unspecified atom stereocenters. The van der Waals surface area contributed by atoms with Crippen molar-refractivity contribution >= 4 is 20.6 Å². The first kappa shape index (κ1) is 16.7. The van der Waals surface area contributed by atoms with Crippen LogP contribution in [0.3, 0.4) is 0 Å². The van der Waals surface area contributed by atoms with E-state index in [1.54, 1.807) is 31.5 Å². The molecule has 1 saturated carbocycles. The van der Waals surface area contributed by atoms with Crippen LogP contribution in [0.4, 0.5) is 0 Å². The molecule has 0 amide bonds. The van der Waals surface area contributed by atoms with Gasteiger partial charge in [0, 0.05) is 16.2 Å². The fourth-order valence-electron chi connectivity index (χ4n) is 2.71. The fourth-order valence-corrected chi connectivity index (χ4v) is 4.50. The number of aromatic nitrogens is 3. The van der Waals surface area contributed by atoms with Crippen molar-refractivity contribution in [1.82, 2.24) is 15.0 Å². The van der Waals surface area contributed by atoms with E-state index in [0.29, 0.717) is 27.6 Å². The highest BCUT2D eigenvalue weighted by Crippen LogP contribution is 2.34. The maximum atomic E-state index is 12.6. The number of hydrogen-bond acceptors (Lipinski definition) is 7. The van der Waals surface area contributed by atoms with E-state index in [9.17, 15) is 4.21 Å². The average Bonchev–Trinajstić information content (AvgIpc) is 3.52. The summed E-state index contributed by atoms with van der Waals surface area (Å²) in [7, 11) is -1.18. The normalized spacial score (nSPS) is 16.2. The summed E-state index contributed by atoms with van der Waals surface area (Å²) < 4.78 is 31.8. The Labute approximate surface area is 151 Å². The number of fused-ring (bicyclic) bond motifs is 1. The van der Waals surface area contributed by atoms with Crippen LogP contribution in [0.25, 0.3) is 10.9 Å². The van der Waals surface area contributed by atoms with Crippen LogP contribution in [0.2, 0.25) is 0 Å². The van der Waals surface area contributed by atoms with Gasteiger partial charge in [-0.3, -0.25) is 0 Å². The molecule has 1 aliphatic rings. The molecule has 0 bridgehead atoms. The minimum atomic E-state index is -2.72. The van der Waals surface area contributed by atoms with E-state index in [4.69, 9.17) is 14.3 Å². The topological polar surface area (TPSA) is 98.1 Å². The standard InChI is InChI=1S/C18H18N4O3S/c1-24-17-8-15-16(9-20-17)21-11-22-18(15)25-10-12-3-2-4-14(7-12)26(19,23)13-5-6-13/h2-4,7-9,11,13,19H,5-6,10H2,1H3. The first-order chi connectivity index (χ1) is 12.6. The van der Waals surface area contributed by atoms with Gasteiger partial charge in [-0.05, 0) is 30.5 Å². The van der Waals surface area contributed by atoms with E-state index in [1.165, 1.54) is 6.33 Å². The first-order valence-corrected chi connectivity index (χ1v) is 9.84. The van der Waals surface area contributed by atoms with Crippen molar-refractivity contribution < 1.29 is 13.7 Å². The molecule has 3 aromatic rings. The third-order valence-electron chi connectivity index (χ3n) is 4.29. The summed E-state index contributed by atoms with van der Waals surface area (Å²) in [5, 5.41) is 0.696. The summed E-state index contributed by atoms with van der Waals surface area (Å²) in [6.07, 6.45) is 4.76. The van der Waals surface area contributed by atoms with Gasteiger partial charge in [0.15, 0.2) is 0 Å². The van der Waals surface area contributed by atoms with Gasteiger partial charge in [0.1, 0.15) is 12.9 Å². The van der Waals surface area contributed by atoms with Crippen molar-refractivity contribution in [2.45, 2.75) is 29.6 Å². The molecule has 1 atom stereocenters. The summed E-state index contributed by atoms with van der Waals surface area (Å²) >= 11 is 0. The van der Waals surface area contributed by atoms with Crippen LogP contribution in [-0.4, -0.2) is 31.5 Å². The van der Waals surface area contributed by atoms with Crippen molar-refractivity contribution in [3.05, 3.63) is 48.4 Å². The van der Waals surface area contributed by atoms with Crippen LogP contribution in [0.15, 0.2) is 47.8 Å². The van der Waals surface area contributed by atoms with Crippen molar-refractivity contribution in [2.75, 3.05) is 7.11 Å². The van der Waals surface area contributed by atoms with Gasteiger partial charge in [0.05, 0.1) is 33.9 Å². The third kappa shape index (κ3) is 3.20. The first-order valence-electron chi connectivity index (χ1n) is 8.22. The van der Waals surface area contributed by atoms with Gasteiger partial charge >= 0.3 is 0 Å². The van der Waals surface area contributed by atoms with Crippen molar-refractivity contribution in [3.8, 4) is 11.8 Å². The summed E-state index contributed by atoms with van der Waals surface area (Å²) in [6, 6.07) is 8.98. The number of methoxy groups -OCH3 is 1. The molecule has 1 fully saturated rings. The van der Waals surface area contributed by atoms with E-state index in [-0.39, 0.29) is 11.9 Å². The minimum absolute atomic E-state index is 0.00978. The predicted octanol–water partition coefficient (Wildman–Crippen LogP) is 3.18. The molecular formula is C18H18N4O3S. The lowest BCUT2D eigenvalue weighted by atomic mass is 10.2. The molecule has 0 aliphatic heterocycles. The van der Waals surface area contributed by atoms with Gasteiger partial charge in [0.2, 0.25) is 11.8 Å². The minimum Gasteiger partial charge on any atom is -0.481 e. The number of benzene rings is 1. The Balaban J connectivity index is 1.59. The zero-order chi connectivity index (χ0) is 18.1. The number of nitrogens with zero attached hydrogens (tertiary/aromatic N) is 3. The number of hydrogen-bond donors (Lipinski definition) is 1. The zero-order valence-corrected chi connectivity index (χ0v) is 15.0. The van der Waals surface area contributed by atoms with E-state index in [1.807, 2.05) is 12.1 Å². The van der Waals surface area contributed by atoms with Crippen molar-refractivity contribution in [1.29, 1.82) is 4.78 Å². The highest BCUT2D eigenvalue weighted by molar-refractivity contribution is 7.93. The van der Waals surface area contributed by atoms with E-state index in [0.717, 1.165) is 18.4 Å². The van der Waals surface area contributed by atoms with Crippen LogP contribution >= 0.6 is 0 Å². The van der Waals surface area contributed by atoms with Crippen molar-refractivity contribution in [3.63, 3.8) is 0 Å². The van der Waals surface area contributed by atoms with Gasteiger partial charge in [-0.15, -0.1) is 0 Å². The fraction of sp³-hybridized carbons (Fsp3) is 0.278. The van der Waals surface area contributed by atoms with Gasteiger partial charge < -0.3 is 9.47 Å². The van der Waals surface area contributed by atoms with E-state index in [2.05, 4.69) is 15.0 Å². The Morgan fingerprint density at radius 3 is 2.85 bits per heavy atom. The molecule has 2 heterocycles. The highest BCUT2D eigenvalue weighted by Gasteiger charge is 2.33. The quantitative estimate of drug-likeness (QED) is 0.715. The summed E-state index contributed by atoms with van der Waals surface area (Å²) in [5.74, 6) is 0.882. The molecule has 26 heavy (non-hydrogen) atoms. The van der Waals surface area contributed by atoms with Gasteiger partial charge in [0.25, 0.3) is 0 Å². The molecule has 4 rings (SSSR count). The van der Waals surface area contributed by atoms with Crippen LogP contribution in [0.5, 0.6) is 11.8 Å². The molecule has 0 radical (unpaired) electrons.